The van der Waals surface area contributed by atoms with Gasteiger partial charge in [-0.15, -0.1) is 0 Å². The van der Waals surface area contributed by atoms with E-state index in [4.69, 9.17) is 9.47 Å². The zero-order valence-corrected chi connectivity index (χ0v) is 14.2. The van der Waals surface area contributed by atoms with Gasteiger partial charge in [0.05, 0.1) is 26.4 Å². The molecule has 2 rings (SSSR count). The van der Waals surface area contributed by atoms with E-state index in [0.717, 1.165) is 8.95 Å². The molecule has 0 N–H and O–H groups in total. The number of rotatable bonds is 7. The topological polar surface area (TPSA) is 18.5 Å². The Balaban J connectivity index is 1.57. The van der Waals surface area contributed by atoms with Crippen molar-refractivity contribution in [1.82, 2.24) is 0 Å². The third kappa shape index (κ3) is 5.75. The molecule has 0 radical (unpaired) electrons. The van der Waals surface area contributed by atoms with Crippen molar-refractivity contribution in [3.8, 4) is 0 Å². The van der Waals surface area contributed by atoms with Crippen LogP contribution in [0.3, 0.4) is 0 Å². The van der Waals surface area contributed by atoms with Crippen LogP contribution in [-0.2, 0) is 22.7 Å². The number of benzene rings is 2. The average molecular weight is 400 g/mol. The highest BCUT2D eigenvalue weighted by Gasteiger charge is 1.96. The van der Waals surface area contributed by atoms with Crippen LogP contribution < -0.4 is 0 Å². The van der Waals surface area contributed by atoms with Gasteiger partial charge in [0.2, 0.25) is 0 Å². The van der Waals surface area contributed by atoms with Crippen LogP contribution in [0, 0.1) is 0 Å². The molecule has 2 aromatic rings. The lowest BCUT2D eigenvalue weighted by atomic mass is 10.2. The number of hydrogen-bond acceptors (Lipinski definition) is 2. The van der Waals surface area contributed by atoms with E-state index in [9.17, 15) is 0 Å². The molecule has 0 bridgehead atoms. The zero-order valence-electron chi connectivity index (χ0n) is 11.0. The zero-order chi connectivity index (χ0) is 14.2. The van der Waals surface area contributed by atoms with Gasteiger partial charge in [-0.3, -0.25) is 0 Å². The van der Waals surface area contributed by atoms with Crippen LogP contribution in [0.2, 0.25) is 0 Å². The van der Waals surface area contributed by atoms with Crippen molar-refractivity contribution in [1.29, 1.82) is 0 Å². The molecule has 4 heteroatoms. The van der Waals surface area contributed by atoms with E-state index in [1.165, 1.54) is 11.1 Å². The summed E-state index contributed by atoms with van der Waals surface area (Å²) in [6.45, 7) is 2.45. The van der Waals surface area contributed by atoms with Gasteiger partial charge in [0.25, 0.3) is 0 Å². The molecule has 0 fully saturated rings. The summed E-state index contributed by atoms with van der Waals surface area (Å²) in [6, 6.07) is 16.3. The van der Waals surface area contributed by atoms with E-state index < -0.39 is 0 Å². The van der Waals surface area contributed by atoms with Gasteiger partial charge in [0.15, 0.2) is 0 Å². The molecule has 0 aliphatic heterocycles. The molecule has 0 heterocycles. The van der Waals surface area contributed by atoms with Gasteiger partial charge in [-0.2, -0.15) is 0 Å². The van der Waals surface area contributed by atoms with E-state index in [0.29, 0.717) is 26.4 Å². The van der Waals surface area contributed by atoms with Crippen molar-refractivity contribution in [3.05, 3.63) is 68.6 Å². The third-order valence-electron chi connectivity index (χ3n) is 2.74. The summed E-state index contributed by atoms with van der Waals surface area (Å²) in [6.07, 6.45) is 0. The second kappa shape index (κ2) is 8.57. The molecule has 0 aromatic heterocycles. The smallest absolute Gasteiger partial charge is 0.0718 e. The second-order valence-corrected chi connectivity index (χ2v) is 6.19. The maximum Gasteiger partial charge on any atom is 0.0718 e. The maximum absolute atomic E-state index is 5.57. The third-order valence-corrected chi connectivity index (χ3v) is 3.79. The van der Waals surface area contributed by atoms with Crippen molar-refractivity contribution < 1.29 is 9.47 Å². The van der Waals surface area contributed by atoms with Crippen LogP contribution in [0.15, 0.2) is 57.5 Å². The van der Waals surface area contributed by atoms with Crippen LogP contribution >= 0.6 is 31.9 Å². The van der Waals surface area contributed by atoms with E-state index in [2.05, 4.69) is 31.9 Å². The fourth-order valence-corrected chi connectivity index (χ4v) is 2.19. The first kappa shape index (κ1) is 15.7. The summed E-state index contributed by atoms with van der Waals surface area (Å²) in [4.78, 5) is 0. The molecular formula is C16H16Br2O2. The van der Waals surface area contributed by atoms with Gasteiger partial charge < -0.3 is 9.47 Å². The van der Waals surface area contributed by atoms with Crippen molar-refractivity contribution in [2.45, 2.75) is 13.2 Å². The first-order valence-corrected chi connectivity index (χ1v) is 7.97. The minimum atomic E-state index is 0.604. The lowest BCUT2D eigenvalue weighted by molar-refractivity contribution is 0.0339. The first-order chi connectivity index (χ1) is 9.74. The summed E-state index contributed by atoms with van der Waals surface area (Å²) in [5.74, 6) is 0. The largest absolute Gasteiger partial charge is 0.374 e. The van der Waals surface area contributed by atoms with Crippen LogP contribution in [0.4, 0.5) is 0 Å². The SMILES string of the molecule is Brc1ccc(COCCOCc2ccc(Br)cc2)cc1. The molecule has 20 heavy (non-hydrogen) atoms. The molecule has 0 spiro atoms. The molecule has 2 aromatic carbocycles. The Morgan fingerprint density at radius 3 is 1.30 bits per heavy atom. The fourth-order valence-electron chi connectivity index (χ4n) is 1.66. The lowest BCUT2D eigenvalue weighted by Crippen LogP contribution is -2.04. The lowest BCUT2D eigenvalue weighted by Gasteiger charge is -2.06. The molecule has 106 valence electrons. The van der Waals surface area contributed by atoms with E-state index in [-0.39, 0.29) is 0 Å². The number of hydrogen-bond donors (Lipinski definition) is 0. The molecule has 0 atom stereocenters. The van der Waals surface area contributed by atoms with Gasteiger partial charge in [-0.05, 0) is 35.4 Å². The highest BCUT2D eigenvalue weighted by molar-refractivity contribution is 9.10. The van der Waals surface area contributed by atoms with Crippen molar-refractivity contribution in [2.75, 3.05) is 13.2 Å². The van der Waals surface area contributed by atoms with Crippen molar-refractivity contribution >= 4 is 31.9 Å². The van der Waals surface area contributed by atoms with Gasteiger partial charge in [0.1, 0.15) is 0 Å². The highest BCUT2D eigenvalue weighted by Crippen LogP contribution is 2.12. The minimum absolute atomic E-state index is 0.604. The summed E-state index contributed by atoms with van der Waals surface area (Å²) in [5.41, 5.74) is 2.34. The van der Waals surface area contributed by atoms with Crippen molar-refractivity contribution in [3.63, 3.8) is 0 Å². The van der Waals surface area contributed by atoms with Gasteiger partial charge >= 0.3 is 0 Å². The number of ether oxygens (including phenoxy) is 2. The van der Waals surface area contributed by atoms with E-state index in [1.807, 2.05) is 48.5 Å². The predicted molar refractivity (Wildman–Crippen MR) is 87.6 cm³/mol. The van der Waals surface area contributed by atoms with Crippen LogP contribution in [0.25, 0.3) is 0 Å². The quantitative estimate of drug-likeness (QED) is 0.613. The molecule has 2 nitrogen and oxygen atoms in total. The normalized spacial score (nSPS) is 10.7. The Hall–Kier alpha value is -0.680. The fraction of sp³-hybridized carbons (Fsp3) is 0.250. The molecule has 0 amide bonds. The van der Waals surface area contributed by atoms with Gasteiger partial charge in [-0.1, -0.05) is 56.1 Å². The van der Waals surface area contributed by atoms with Gasteiger partial charge in [0, 0.05) is 8.95 Å². The Morgan fingerprint density at radius 2 is 0.950 bits per heavy atom. The van der Waals surface area contributed by atoms with Crippen LogP contribution in [-0.4, -0.2) is 13.2 Å². The Morgan fingerprint density at radius 1 is 0.600 bits per heavy atom. The molecule has 0 unspecified atom stereocenters. The summed E-state index contributed by atoms with van der Waals surface area (Å²) in [7, 11) is 0. The first-order valence-electron chi connectivity index (χ1n) is 6.38. The second-order valence-electron chi connectivity index (χ2n) is 4.36. The number of halogens is 2. The molecule has 0 saturated carbocycles. The highest BCUT2D eigenvalue weighted by atomic mass is 79.9. The molecule has 0 aliphatic carbocycles. The monoisotopic (exact) mass is 398 g/mol. The van der Waals surface area contributed by atoms with Crippen LogP contribution in [0.5, 0.6) is 0 Å². The summed E-state index contributed by atoms with van der Waals surface area (Å²) >= 11 is 6.82. The minimum Gasteiger partial charge on any atom is -0.374 e. The Labute approximate surface area is 136 Å². The molecular weight excluding hydrogens is 384 g/mol. The van der Waals surface area contributed by atoms with Gasteiger partial charge in [-0.25, -0.2) is 0 Å². The van der Waals surface area contributed by atoms with E-state index in [1.54, 1.807) is 0 Å². The van der Waals surface area contributed by atoms with Crippen molar-refractivity contribution in [2.24, 2.45) is 0 Å². The predicted octanol–water partition coefficient (Wildman–Crippen LogP) is 4.95. The average Bonchev–Trinajstić information content (AvgIpc) is 2.46. The maximum atomic E-state index is 5.57. The van der Waals surface area contributed by atoms with E-state index >= 15 is 0 Å². The molecule has 0 saturated heterocycles. The molecule has 0 aliphatic rings. The van der Waals surface area contributed by atoms with Crippen LogP contribution in [0.1, 0.15) is 11.1 Å². The summed E-state index contributed by atoms with van der Waals surface area (Å²) < 4.78 is 13.3. The Kier molecular flexibility index (Phi) is 6.73. The standard InChI is InChI=1S/C16H16Br2O2/c17-15-5-1-13(2-6-15)11-19-9-10-20-12-14-3-7-16(18)8-4-14/h1-8H,9-12H2. The Bertz CT molecular complexity index is 460. The summed E-state index contributed by atoms with van der Waals surface area (Å²) in [5, 5.41) is 0.